The van der Waals surface area contributed by atoms with Gasteiger partial charge in [0, 0.05) is 46.4 Å². The van der Waals surface area contributed by atoms with E-state index in [2.05, 4.69) is 24.3 Å². The van der Waals surface area contributed by atoms with Gasteiger partial charge in [-0.2, -0.15) is 0 Å². The highest BCUT2D eigenvalue weighted by Gasteiger charge is 2.15. The molecule has 0 radical (unpaired) electrons. The summed E-state index contributed by atoms with van der Waals surface area (Å²) in [7, 11) is 5.39. The molecule has 0 amide bonds. The first kappa shape index (κ1) is 60.2. The van der Waals surface area contributed by atoms with Gasteiger partial charge in [-0.1, -0.05) is 84.9 Å². The lowest BCUT2D eigenvalue weighted by atomic mass is 10.0. The maximum atomic E-state index is 12.0. The molecular weight excluding hydrogens is 1140 g/mol. The van der Waals surface area contributed by atoms with Crippen LogP contribution in [-0.2, 0) is 58.6 Å². The van der Waals surface area contributed by atoms with E-state index < -0.39 is 23.9 Å². The molecule has 90 heavy (non-hydrogen) atoms. The van der Waals surface area contributed by atoms with Crippen molar-refractivity contribution in [1.82, 2.24) is 9.97 Å². The molecule has 2 heterocycles. The SMILES string of the molecule is COC(=O)c1ccc(COc2cc(COc3ccc(-c4cnc5c(ccc6cc(-c7ccc(OCc8cc(OCc9ccc(C(=O)OC)cc9)cc(OCc9ccc(C(=O)OC)cc9)c8)cc7)cnc65)c4)cc3)cc(OCc3ccc(C(=O)OC)cc3)c2)cc1. The summed E-state index contributed by atoms with van der Waals surface area (Å²) in [5.74, 6) is 1.94. The molecule has 16 heteroatoms. The number of nitrogens with zero attached hydrogens (tertiary/aromatic N) is 2. The molecular formula is C74H60N2O14. The first-order valence-corrected chi connectivity index (χ1v) is 28.6. The summed E-state index contributed by atoms with van der Waals surface area (Å²) < 4.78 is 56.9. The predicted octanol–water partition coefficient (Wildman–Crippen LogP) is 14.7. The predicted molar refractivity (Wildman–Crippen MR) is 338 cm³/mol. The zero-order valence-electron chi connectivity index (χ0n) is 49.6. The standard InChI is InChI=1S/C74H60N2O14/c1-81-71(77)55-13-5-47(6-14-55)41-87-65-31-51(32-66(37-65)88-42-48-7-15-56(16-8-48)72(78)82-2)45-85-63-27-23-53(24-28-63)61-35-59-21-22-60-36-62(40-76-70(60)69(59)75-39-61)54-25-29-64(30-26-54)86-46-52-33-67(89-43-49-9-17-57(18-10-49)73(79)83-3)38-68(34-52)90-44-50-11-19-58(20-12-50)74(80)84-4/h5-40H,41-46H2,1-4H3. The number of fused-ring (bicyclic) bond motifs is 3. The van der Waals surface area contributed by atoms with Crippen LogP contribution in [0.4, 0.5) is 0 Å². The molecule has 0 aliphatic heterocycles. The second kappa shape index (κ2) is 28.3. The highest BCUT2D eigenvalue weighted by molar-refractivity contribution is 6.04. The fourth-order valence-electron chi connectivity index (χ4n) is 9.78. The number of benzene rings is 9. The van der Waals surface area contributed by atoms with Crippen LogP contribution in [-0.4, -0.2) is 62.3 Å². The Kier molecular flexibility index (Phi) is 18.9. The Morgan fingerprint density at radius 2 is 0.522 bits per heavy atom. The van der Waals surface area contributed by atoms with Crippen molar-refractivity contribution in [2.24, 2.45) is 0 Å². The van der Waals surface area contributed by atoms with E-state index in [4.69, 9.17) is 57.3 Å². The number of pyridine rings is 2. The van der Waals surface area contributed by atoms with Gasteiger partial charge in [0.1, 0.15) is 74.1 Å². The molecule has 16 nitrogen and oxygen atoms in total. The number of esters is 4. The Bertz CT molecular complexity index is 3900. The third-order valence-corrected chi connectivity index (χ3v) is 14.7. The van der Waals surface area contributed by atoms with E-state index in [1.165, 1.54) is 28.4 Å². The van der Waals surface area contributed by atoms with Gasteiger partial charge in [0.2, 0.25) is 0 Å². The van der Waals surface area contributed by atoms with E-state index in [1.807, 2.05) is 146 Å². The van der Waals surface area contributed by atoms with E-state index in [0.717, 1.165) is 77.4 Å². The van der Waals surface area contributed by atoms with E-state index in [1.54, 1.807) is 48.5 Å². The lowest BCUT2D eigenvalue weighted by Crippen LogP contribution is -2.03. The van der Waals surface area contributed by atoms with Crippen LogP contribution in [0, 0.1) is 0 Å². The third kappa shape index (κ3) is 15.2. The van der Waals surface area contributed by atoms with Crippen LogP contribution in [0.3, 0.4) is 0 Å². The van der Waals surface area contributed by atoms with Gasteiger partial charge < -0.3 is 47.4 Å². The summed E-state index contributed by atoms with van der Waals surface area (Å²) in [6.07, 6.45) is 3.72. The first-order chi connectivity index (χ1) is 43.9. The molecule has 11 aromatic rings. The number of methoxy groups -OCH3 is 4. The molecule has 11 rings (SSSR count). The molecule has 0 saturated heterocycles. The van der Waals surface area contributed by atoms with E-state index >= 15 is 0 Å². The largest absolute Gasteiger partial charge is 0.489 e. The Morgan fingerprint density at radius 1 is 0.267 bits per heavy atom. The topological polar surface area (TPSA) is 186 Å². The van der Waals surface area contributed by atoms with Gasteiger partial charge in [-0.15, -0.1) is 0 Å². The maximum absolute atomic E-state index is 12.0. The molecule has 0 N–H and O–H groups in total. The monoisotopic (exact) mass is 1200 g/mol. The number of aromatic nitrogens is 2. The van der Waals surface area contributed by atoms with Gasteiger partial charge in [-0.25, -0.2) is 19.2 Å². The van der Waals surface area contributed by atoms with Crippen LogP contribution >= 0.6 is 0 Å². The number of rotatable bonds is 24. The minimum atomic E-state index is -0.413. The van der Waals surface area contributed by atoms with E-state index in [-0.39, 0.29) is 39.6 Å². The van der Waals surface area contributed by atoms with Crippen LogP contribution in [0.5, 0.6) is 34.5 Å². The molecule has 0 fully saturated rings. The maximum Gasteiger partial charge on any atom is 0.337 e. The molecule has 0 aliphatic rings. The van der Waals surface area contributed by atoms with Crippen molar-refractivity contribution in [2.75, 3.05) is 28.4 Å². The van der Waals surface area contributed by atoms with Gasteiger partial charge >= 0.3 is 23.9 Å². The summed E-state index contributed by atoms with van der Waals surface area (Å²) >= 11 is 0. The molecule has 0 bridgehead atoms. The Hall–Kier alpha value is -11.5. The van der Waals surface area contributed by atoms with Crippen molar-refractivity contribution in [2.45, 2.75) is 39.6 Å². The highest BCUT2D eigenvalue weighted by Crippen LogP contribution is 2.33. The molecule has 9 aromatic carbocycles. The van der Waals surface area contributed by atoms with Crippen molar-refractivity contribution in [1.29, 1.82) is 0 Å². The molecule has 0 spiro atoms. The zero-order valence-corrected chi connectivity index (χ0v) is 49.6. The summed E-state index contributed by atoms with van der Waals surface area (Å²) in [5, 5.41) is 1.90. The number of ether oxygens (including phenoxy) is 10. The van der Waals surface area contributed by atoms with Crippen molar-refractivity contribution >= 4 is 45.7 Å². The third-order valence-electron chi connectivity index (χ3n) is 14.7. The van der Waals surface area contributed by atoms with E-state index in [0.29, 0.717) is 56.8 Å². The molecule has 2 aromatic heterocycles. The summed E-state index contributed by atoms with van der Waals surface area (Å²) in [6, 6.07) is 63.4. The summed E-state index contributed by atoms with van der Waals surface area (Å²) in [4.78, 5) is 57.7. The minimum absolute atomic E-state index is 0.224. The van der Waals surface area contributed by atoms with Gasteiger partial charge in [0.15, 0.2) is 0 Å². The van der Waals surface area contributed by atoms with Gasteiger partial charge in [-0.3, -0.25) is 9.97 Å². The molecule has 0 saturated carbocycles. The van der Waals surface area contributed by atoms with Crippen LogP contribution < -0.4 is 28.4 Å². The first-order valence-electron chi connectivity index (χ1n) is 28.6. The second-order valence-electron chi connectivity index (χ2n) is 20.8. The van der Waals surface area contributed by atoms with Crippen LogP contribution in [0.1, 0.15) is 74.8 Å². The number of carbonyl (C=O) groups excluding carboxylic acids is 4. The molecule has 0 atom stereocenters. The lowest BCUT2D eigenvalue weighted by Gasteiger charge is -2.14. The smallest absolute Gasteiger partial charge is 0.337 e. The van der Waals surface area contributed by atoms with Gasteiger partial charge in [-0.05, 0) is 154 Å². The number of hydrogen-bond acceptors (Lipinski definition) is 16. The van der Waals surface area contributed by atoms with Crippen molar-refractivity contribution < 1.29 is 66.5 Å². The lowest BCUT2D eigenvalue weighted by molar-refractivity contribution is 0.0592. The van der Waals surface area contributed by atoms with Crippen molar-refractivity contribution in [3.05, 3.63) is 274 Å². The highest BCUT2D eigenvalue weighted by atomic mass is 16.5. The molecule has 0 unspecified atom stereocenters. The van der Waals surface area contributed by atoms with E-state index in [9.17, 15) is 19.2 Å². The second-order valence-corrected chi connectivity index (χ2v) is 20.8. The van der Waals surface area contributed by atoms with Crippen molar-refractivity contribution in [3.63, 3.8) is 0 Å². The van der Waals surface area contributed by atoms with Crippen LogP contribution in [0.15, 0.2) is 219 Å². The Labute approximate surface area is 519 Å². The minimum Gasteiger partial charge on any atom is -0.489 e. The summed E-state index contributed by atoms with van der Waals surface area (Å²) in [6.45, 7) is 1.42. The van der Waals surface area contributed by atoms with Crippen molar-refractivity contribution in [3.8, 4) is 56.8 Å². The van der Waals surface area contributed by atoms with Gasteiger partial charge in [0.05, 0.1) is 61.7 Å². The zero-order chi connectivity index (χ0) is 62.3. The molecule has 450 valence electrons. The molecule has 0 aliphatic carbocycles. The quantitative estimate of drug-likeness (QED) is 0.0316. The van der Waals surface area contributed by atoms with Crippen LogP contribution in [0.25, 0.3) is 44.1 Å². The normalized spacial score (nSPS) is 10.9. The fraction of sp³-hybridized carbons (Fsp3) is 0.135. The average Bonchev–Trinajstić information content (AvgIpc) is 1.54. The van der Waals surface area contributed by atoms with Crippen LogP contribution in [0.2, 0.25) is 0 Å². The number of carbonyl (C=O) groups is 4. The average molecular weight is 1200 g/mol. The Morgan fingerprint density at radius 3 is 0.789 bits per heavy atom. The number of hydrogen-bond donors (Lipinski definition) is 0. The van der Waals surface area contributed by atoms with Gasteiger partial charge in [0.25, 0.3) is 0 Å². The Balaban J connectivity index is 0.726. The fourth-order valence-corrected chi connectivity index (χ4v) is 9.78. The summed E-state index contributed by atoms with van der Waals surface area (Å²) in [5.41, 5.74) is 12.3.